The maximum Gasteiger partial charge on any atom is 0.278 e. The summed E-state index contributed by atoms with van der Waals surface area (Å²) in [4.78, 5) is 26.6. The molecule has 1 aliphatic heterocycles. The molecule has 0 unspecified atom stereocenters. The molecule has 1 saturated heterocycles. The molecule has 11 heteroatoms. The van der Waals surface area contributed by atoms with Crippen LogP contribution in [0.1, 0.15) is 33.7 Å². The average molecular weight is 392 g/mol. The molecule has 1 aromatic heterocycles. The Labute approximate surface area is 156 Å². The number of aromatic nitrogens is 3. The van der Waals surface area contributed by atoms with Crippen LogP contribution in [0.3, 0.4) is 0 Å². The molecule has 2 heterocycles. The van der Waals surface area contributed by atoms with Gasteiger partial charge in [-0.15, -0.1) is 10.2 Å². The van der Waals surface area contributed by atoms with Gasteiger partial charge in [0.1, 0.15) is 0 Å². The van der Waals surface area contributed by atoms with Crippen LogP contribution in [0, 0.1) is 0 Å². The van der Waals surface area contributed by atoms with E-state index in [1.165, 1.54) is 38.4 Å². The quantitative estimate of drug-likeness (QED) is 0.764. The summed E-state index contributed by atoms with van der Waals surface area (Å²) in [6, 6.07) is 5.49. The molecule has 0 bridgehead atoms. The van der Waals surface area contributed by atoms with E-state index in [1.807, 2.05) is 0 Å². The van der Waals surface area contributed by atoms with Crippen molar-refractivity contribution in [3.63, 3.8) is 0 Å². The Hall–Kier alpha value is -2.79. The van der Waals surface area contributed by atoms with E-state index < -0.39 is 15.9 Å². The number of carbonyl (C=O) groups is 2. The second-order valence-electron chi connectivity index (χ2n) is 6.29. The summed E-state index contributed by atoms with van der Waals surface area (Å²) < 4.78 is 25.2. The number of carbonyl (C=O) groups excluding carboxylic acids is 2. The van der Waals surface area contributed by atoms with Gasteiger partial charge in [-0.3, -0.25) is 9.59 Å². The molecular formula is C16H20N6O4S. The minimum Gasteiger partial charge on any atom is -0.337 e. The number of benzene rings is 1. The Morgan fingerprint density at radius 3 is 2.33 bits per heavy atom. The number of likely N-dealkylation sites (tertiary alicyclic amines) is 1. The van der Waals surface area contributed by atoms with Gasteiger partial charge in [0.2, 0.25) is 10.0 Å². The number of nitrogens with zero attached hydrogens (tertiary/aromatic N) is 4. The molecule has 2 amide bonds. The summed E-state index contributed by atoms with van der Waals surface area (Å²) in [5.74, 6) is -0.765. The maximum atomic E-state index is 12.4. The molecule has 2 N–H and O–H groups in total. The highest BCUT2D eigenvalue weighted by atomic mass is 32.2. The molecule has 0 spiro atoms. The van der Waals surface area contributed by atoms with E-state index in [9.17, 15) is 18.0 Å². The first-order chi connectivity index (χ1) is 12.8. The first-order valence-electron chi connectivity index (χ1n) is 8.34. The zero-order valence-electron chi connectivity index (χ0n) is 15.0. The molecule has 144 valence electrons. The van der Waals surface area contributed by atoms with Crippen molar-refractivity contribution in [2.24, 2.45) is 0 Å². The molecule has 0 radical (unpaired) electrons. The zero-order valence-corrected chi connectivity index (χ0v) is 15.8. The third-order valence-corrected chi connectivity index (χ3v) is 6.10. The average Bonchev–Trinajstić information content (AvgIpc) is 3.33. The lowest BCUT2D eigenvalue weighted by Crippen LogP contribution is -2.29. The number of anilines is 1. The standard InChI is InChI=1S/C16H20N6O4S/c1-21(2)27(25,26)12-7-5-11(6-8-12)15(23)17-14-13(18-20-19-14)16(24)22-9-3-4-10-22/h5-8H,3-4,9-10H2,1-2H3,(H2,17,18,19,20,23). The van der Waals surface area contributed by atoms with Gasteiger partial charge in [0, 0.05) is 32.7 Å². The zero-order chi connectivity index (χ0) is 19.6. The highest BCUT2D eigenvalue weighted by Gasteiger charge is 2.26. The summed E-state index contributed by atoms with van der Waals surface area (Å²) in [6.45, 7) is 1.31. The van der Waals surface area contributed by atoms with Crippen LogP contribution in [-0.2, 0) is 10.0 Å². The number of H-pyrrole nitrogens is 1. The van der Waals surface area contributed by atoms with Gasteiger partial charge in [-0.25, -0.2) is 12.7 Å². The van der Waals surface area contributed by atoms with Crippen molar-refractivity contribution in [1.82, 2.24) is 24.6 Å². The number of aromatic amines is 1. The Morgan fingerprint density at radius 2 is 1.74 bits per heavy atom. The second kappa shape index (κ2) is 7.45. The fourth-order valence-electron chi connectivity index (χ4n) is 2.71. The van der Waals surface area contributed by atoms with Crippen molar-refractivity contribution in [1.29, 1.82) is 0 Å². The molecule has 1 fully saturated rings. The van der Waals surface area contributed by atoms with Crippen LogP contribution in [0.2, 0.25) is 0 Å². The number of hydrogen-bond acceptors (Lipinski definition) is 6. The van der Waals surface area contributed by atoms with Crippen LogP contribution < -0.4 is 5.32 Å². The molecule has 10 nitrogen and oxygen atoms in total. The lowest BCUT2D eigenvalue weighted by molar-refractivity contribution is 0.0788. The summed E-state index contributed by atoms with van der Waals surface area (Å²) in [6.07, 6.45) is 1.88. The molecule has 3 rings (SSSR count). The predicted molar refractivity (Wildman–Crippen MR) is 96.8 cm³/mol. The lowest BCUT2D eigenvalue weighted by atomic mass is 10.2. The minimum atomic E-state index is -3.57. The van der Waals surface area contributed by atoms with E-state index >= 15 is 0 Å². The van der Waals surface area contributed by atoms with E-state index in [4.69, 9.17) is 0 Å². The summed E-state index contributed by atoms with van der Waals surface area (Å²) in [5, 5.41) is 12.6. The van der Waals surface area contributed by atoms with E-state index in [0.717, 1.165) is 17.1 Å². The van der Waals surface area contributed by atoms with Gasteiger partial charge >= 0.3 is 0 Å². The summed E-state index contributed by atoms with van der Waals surface area (Å²) in [5.41, 5.74) is 0.285. The van der Waals surface area contributed by atoms with Crippen LogP contribution in [0.5, 0.6) is 0 Å². The van der Waals surface area contributed by atoms with Crippen molar-refractivity contribution < 1.29 is 18.0 Å². The van der Waals surface area contributed by atoms with Gasteiger partial charge in [-0.1, -0.05) is 0 Å². The van der Waals surface area contributed by atoms with E-state index in [2.05, 4.69) is 20.7 Å². The van der Waals surface area contributed by atoms with E-state index in [0.29, 0.717) is 13.1 Å². The van der Waals surface area contributed by atoms with Gasteiger partial charge in [-0.05, 0) is 37.1 Å². The van der Waals surface area contributed by atoms with Gasteiger partial charge in [0.25, 0.3) is 11.8 Å². The molecule has 0 saturated carbocycles. The lowest BCUT2D eigenvalue weighted by Gasteiger charge is -2.14. The first kappa shape index (κ1) is 19.0. The topological polar surface area (TPSA) is 128 Å². The number of amides is 2. The molecule has 27 heavy (non-hydrogen) atoms. The SMILES string of the molecule is CN(C)S(=O)(=O)c1ccc(C(=O)Nc2n[nH]nc2C(=O)N2CCCC2)cc1. The molecule has 0 aliphatic carbocycles. The fourth-order valence-corrected chi connectivity index (χ4v) is 3.61. The van der Waals surface area contributed by atoms with Gasteiger partial charge in [-0.2, -0.15) is 5.21 Å². The van der Waals surface area contributed by atoms with Crippen molar-refractivity contribution in [2.45, 2.75) is 17.7 Å². The molecule has 0 atom stereocenters. The van der Waals surface area contributed by atoms with Crippen LogP contribution in [0.15, 0.2) is 29.2 Å². The molecular weight excluding hydrogens is 372 g/mol. The predicted octanol–water partition coefficient (Wildman–Crippen LogP) is 0.543. The smallest absolute Gasteiger partial charge is 0.278 e. The largest absolute Gasteiger partial charge is 0.337 e. The number of nitrogens with one attached hydrogen (secondary N) is 2. The third-order valence-electron chi connectivity index (χ3n) is 4.27. The highest BCUT2D eigenvalue weighted by Crippen LogP contribution is 2.18. The van der Waals surface area contributed by atoms with Crippen LogP contribution in [0.25, 0.3) is 0 Å². The first-order valence-corrected chi connectivity index (χ1v) is 9.78. The summed E-state index contributed by atoms with van der Waals surface area (Å²) in [7, 11) is -0.713. The van der Waals surface area contributed by atoms with Crippen LogP contribution >= 0.6 is 0 Å². The second-order valence-corrected chi connectivity index (χ2v) is 8.44. The third kappa shape index (κ3) is 3.83. The van der Waals surface area contributed by atoms with Crippen molar-refractivity contribution >= 4 is 27.7 Å². The summed E-state index contributed by atoms with van der Waals surface area (Å²) >= 11 is 0. The van der Waals surface area contributed by atoms with Crippen molar-refractivity contribution in [3.05, 3.63) is 35.5 Å². The number of sulfonamides is 1. The highest BCUT2D eigenvalue weighted by molar-refractivity contribution is 7.89. The normalized spacial score (nSPS) is 14.6. The maximum absolute atomic E-state index is 12.4. The van der Waals surface area contributed by atoms with Crippen molar-refractivity contribution in [3.8, 4) is 0 Å². The Balaban J connectivity index is 1.75. The van der Waals surface area contributed by atoms with Gasteiger partial charge in [0.15, 0.2) is 11.5 Å². The van der Waals surface area contributed by atoms with E-state index in [-0.39, 0.29) is 27.9 Å². The van der Waals surface area contributed by atoms with E-state index in [1.54, 1.807) is 4.90 Å². The Kier molecular flexibility index (Phi) is 5.24. The van der Waals surface area contributed by atoms with Crippen LogP contribution in [0.4, 0.5) is 5.82 Å². The number of rotatable bonds is 5. The Bertz CT molecular complexity index is 946. The monoisotopic (exact) mass is 392 g/mol. The van der Waals surface area contributed by atoms with Gasteiger partial charge in [0.05, 0.1) is 4.90 Å². The fraction of sp³-hybridized carbons (Fsp3) is 0.375. The van der Waals surface area contributed by atoms with Gasteiger partial charge < -0.3 is 10.2 Å². The number of hydrogen-bond donors (Lipinski definition) is 2. The molecule has 2 aromatic rings. The van der Waals surface area contributed by atoms with Crippen molar-refractivity contribution in [2.75, 3.05) is 32.5 Å². The minimum absolute atomic E-state index is 0.0434. The molecule has 1 aromatic carbocycles. The Morgan fingerprint density at radius 1 is 1.11 bits per heavy atom. The molecule has 1 aliphatic rings. The van der Waals surface area contributed by atoms with Crippen LogP contribution in [-0.4, -0.2) is 72.0 Å².